The Kier molecular flexibility index (Phi) is 9.49. The second-order valence-electron chi connectivity index (χ2n) is 7.62. The summed E-state index contributed by atoms with van der Waals surface area (Å²) in [6.07, 6.45) is 3.21. The van der Waals surface area contributed by atoms with Crippen molar-refractivity contribution in [1.82, 2.24) is 24.9 Å². The van der Waals surface area contributed by atoms with Gasteiger partial charge in [-0.05, 0) is 25.2 Å². The summed E-state index contributed by atoms with van der Waals surface area (Å²) in [4.78, 5) is 9.52. The van der Waals surface area contributed by atoms with E-state index in [2.05, 4.69) is 39.1 Å². The molecule has 2 aliphatic heterocycles. The third kappa shape index (κ3) is 5.60. The van der Waals surface area contributed by atoms with Crippen LogP contribution >= 0.6 is 24.0 Å². The molecular formula is C20H37IN6O. The maximum absolute atomic E-state index is 5.47. The lowest BCUT2D eigenvalue weighted by Crippen LogP contribution is -2.42. The van der Waals surface area contributed by atoms with Gasteiger partial charge in [0.25, 0.3) is 0 Å². The van der Waals surface area contributed by atoms with Crippen LogP contribution in [0.25, 0.3) is 0 Å². The number of rotatable bonds is 6. The highest BCUT2D eigenvalue weighted by Gasteiger charge is 2.27. The van der Waals surface area contributed by atoms with Crippen molar-refractivity contribution in [2.75, 3.05) is 53.0 Å². The average Bonchev–Trinajstić information content (AvgIpc) is 3.27. The van der Waals surface area contributed by atoms with Gasteiger partial charge in [-0.2, -0.15) is 5.10 Å². The van der Waals surface area contributed by atoms with E-state index >= 15 is 0 Å². The third-order valence-corrected chi connectivity index (χ3v) is 5.87. The second-order valence-corrected chi connectivity index (χ2v) is 7.62. The first-order chi connectivity index (χ1) is 13.2. The minimum atomic E-state index is 0. The van der Waals surface area contributed by atoms with Crippen molar-refractivity contribution in [2.24, 2.45) is 18.0 Å². The van der Waals surface area contributed by atoms with E-state index in [1.165, 1.54) is 29.9 Å². The summed E-state index contributed by atoms with van der Waals surface area (Å²) in [6, 6.07) is 0. The van der Waals surface area contributed by atoms with E-state index in [0.717, 1.165) is 70.7 Å². The lowest BCUT2D eigenvalue weighted by molar-refractivity contribution is 0.0315. The summed E-state index contributed by atoms with van der Waals surface area (Å²) in [7, 11) is 3.94. The van der Waals surface area contributed by atoms with Crippen LogP contribution < -0.4 is 5.32 Å². The van der Waals surface area contributed by atoms with Gasteiger partial charge in [-0.1, -0.05) is 13.8 Å². The molecule has 3 rings (SSSR count). The number of nitrogens with one attached hydrogen (secondary N) is 1. The number of ether oxygens (including phenoxy) is 1. The summed E-state index contributed by atoms with van der Waals surface area (Å²) in [5, 5.41) is 8.29. The molecule has 160 valence electrons. The first-order valence-electron chi connectivity index (χ1n) is 10.5. The Hall–Kier alpha value is -0.870. The van der Waals surface area contributed by atoms with Crippen LogP contribution in [0.1, 0.15) is 37.2 Å². The molecule has 0 aliphatic carbocycles. The quantitative estimate of drug-likeness (QED) is 0.365. The zero-order valence-electron chi connectivity index (χ0n) is 17.9. The lowest BCUT2D eigenvalue weighted by atomic mass is 10.1. The van der Waals surface area contributed by atoms with Crippen molar-refractivity contribution >= 4 is 29.9 Å². The number of morpholine rings is 1. The Bertz CT molecular complexity index is 641. The largest absolute Gasteiger partial charge is 0.379 e. The van der Waals surface area contributed by atoms with Crippen LogP contribution in [0.4, 0.5) is 0 Å². The Labute approximate surface area is 186 Å². The minimum Gasteiger partial charge on any atom is -0.379 e. The fourth-order valence-corrected chi connectivity index (χ4v) is 4.42. The molecule has 0 amide bonds. The number of likely N-dealkylation sites (tertiary alicyclic amines) is 1. The molecule has 1 unspecified atom stereocenters. The van der Waals surface area contributed by atoms with E-state index in [-0.39, 0.29) is 24.0 Å². The van der Waals surface area contributed by atoms with Gasteiger partial charge in [0.1, 0.15) is 0 Å². The Balaban J connectivity index is 0.00000280. The molecular weight excluding hydrogens is 467 g/mol. The van der Waals surface area contributed by atoms with Crippen LogP contribution in [0.5, 0.6) is 0 Å². The molecule has 1 aromatic heterocycles. The molecule has 3 heterocycles. The van der Waals surface area contributed by atoms with Gasteiger partial charge in [0.15, 0.2) is 5.96 Å². The maximum Gasteiger partial charge on any atom is 0.193 e. The number of aliphatic imine (C=N–C) groups is 1. The Morgan fingerprint density at radius 2 is 1.96 bits per heavy atom. The maximum atomic E-state index is 5.47. The van der Waals surface area contributed by atoms with Crippen molar-refractivity contribution in [1.29, 1.82) is 0 Å². The number of aromatic nitrogens is 2. The van der Waals surface area contributed by atoms with Crippen molar-refractivity contribution in [3.05, 3.63) is 17.0 Å². The van der Waals surface area contributed by atoms with Gasteiger partial charge in [-0.3, -0.25) is 14.6 Å². The highest BCUT2D eigenvalue weighted by atomic mass is 127. The number of hydrogen-bond acceptors (Lipinski definition) is 4. The normalized spacial score (nSPS) is 21.1. The molecule has 0 spiro atoms. The Morgan fingerprint density at radius 1 is 1.21 bits per heavy atom. The second kappa shape index (κ2) is 11.3. The summed E-state index contributed by atoms with van der Waals surface area (Å²) in [5.41, 5.74) is 3.86. The fourth-order valence-electron chi connectivity index (χ4n) is 4.42. The molecule has 1 aromatic rings. The van der Waals surface area contributed by atoms with Gasteiger partial charge < -0.3 is 15.0 Å². The monoisotopic (exact) mass is 504 g/mol. The first-order valence-corrected chi connectivity index (χ1v) is 10.5. The Morgan fingerprint density at radius 3 is 2.61 bits per heavy atom. The summed E-state index contributed by atoms with van der Waals surface area (Å²) in [6.45, 7) is 12.4. The fraction of sp³-hybridized carbons (Fsp3) is 0.800. The number of aryl methyl sites for hydroxylation is 2. The van der Waals surface area contributed by atoms with Gasteiger partial charge in [0.2, 0.25) is 0 Å². The smallest absolute Gasteiger partial charge is 0.193 e. The van der Waals surface area contributed by atoms with E-state index in [1.807, 2.05) is 18.8 Å². The topological polar surface area (TPSA) is 57.9 Å². The van der Waals surface area contributed by atoms with Crippen molar-refractivity contribution in [3.8, 4) is 0 Å². The van der Waals surface area contributed by atoms with Crippen LogP contribution in [-0.2, 0) is 31.2 Å². The predicted molar refractivity (Wildman–Crippen MR) is 125 cm³/mol. The van der Waals surface area contributed by atoms with Crippen LogP contribution in [-0.4, -0.2) is 78.5 Å². The predicted octanol–water partition coefficient (Wildman–Crippen LogP) is 1.89. The molecule has 28 heavy (non-hydrogen) atoms. The van der Waals surface area contributed by atoms with Crippen LogP contribution in [0.15, 0.2) is 4.99 Å². The number of hydrogen-bond donors (Lipinski definition) is 1. The number of halogens is 1. The molecule has 0 radical (unpaired) electrons. The molecule has 1 N–H and O–H groups in total. The van der Waals surface area contributed by atoms with Crippen LogP contribution in [0.2, 0.25) is 0 Å². The third-order valence-electron chi connectivity index (χ3n) is 5.87. The summed E-state index contributed by atoms with van der Waals surface area (Å²) >= 11 is 0. The van der Waals surface area contributed by atoms with Gasteiger partial charge in [0, 0.05) is 64.6 Å². The highest BCUT2D eigenvalue weighted by molar-refractivity contribution is 14.0. The standard InChI is InChI=1S/C20H36N6O.HI/c1-5-18-17(19(6-2)24(4)23-18)13-22-20(21-3)26-8-7-16(15-26)14-25-9-11-27-12-10-25;/h16H,5-15H2,1-4H3,(H,21,22);1H. The van der Waals surface area contributed by atoms with Crippen LogP contribution in [0, 0.1) is 5.92 Å². The molecule has 2 fully saturated rings. The van der Waals surface area contributed by atoms with E-state index in [0.29, 0.717) is 0 Å². The molecule has 7 nitrogen and oxygen atoms in total. The molecule has 0 saturated carbocycles. The van der Waals surface area contributed by atoms with E-state index in [4.69, 9.17) is 4.74 Å². The number of nitrogens with zero attached hydrogens (tertiary/aromatic N) is 5. The van der Waals surface area contributed by atoms with E-state index < -0.39 is 0 Å². The zero-order valence-corrected chi connectivity index (χ0v) is 20.2. The molecule has 0 bridgehead atoms. The van der Waals surface area contributed by atoms with Gasteiger partial charge in [-0.25, -0.2) is 0 Å². The molecule has 2 saturated heterocycles. The molecule has 8 heteroatoms. The average molecular weight is 504 g/mol. The van der Waals surface area contributed by atoms with Crippen molar-refractivity contribution < 1.29 is 4.74 Å². The summed E-state index contributed by atoms with van der Waals surface area (Å²) in [5.74, 6) is 1.74. The van der Waals surface area contributed by atoms with Gasteiger partial charge >= 0.3 is 0 Å². The van der Waals surface area contributed by atoms with E-state index in [9.17, 15) is 0 Å². The SMILES string of the molecule is CCc1nn(C)c(CC)c1CNC(=NC)N1CCC(CN2CCOCC2)C1.I. The zero-order chi connectivity index (χ0) is 19.2. The first kappa shape index (κ1) is 23.4. The lowest BCUT2D eigenvalue weighted by Gasteiger charge is -2.29. The van der Waals surface area contributed by atoms with Crippen molar-refractivity contribution in [2.45, 2.75) is 39.7 Å². The molecule has 2 aliphatic rings. The minimum absolute atomic E-state index is 0. The molecule has 0 aromatic carbocycles. The van der Waals surface area contributed by atoms with E-state index in [1.54, 1.807) is 0 Å². The summed E-state index contributed by atoms with van der Waals surface area (Å²) < 4.78 is 7.50. The van der Waals surface area contributed by atoms with Gasteiger partial charge in [0.05, 0.1) is 18.9 Å². The van der Waals surface area contributed by atoms with Crippen LogP contribution in [0.3, 0.4) is 0 Å². The molecule has 1 atom stereocenters. The number of guanidine groups is 1. The van der Waals surface area contributed by atoms with Gasteiger partial charge in [-0.15, -0.1) is 24.0 Å². The van der Waals surface area contributed by atoms with Crippen molar-refractivity contribution in [3.63, 3.8) is 0 Å². The highest BCUT2D eigenvalue weighted by Crippen LogP contribution is 2.19.